The van der Waals surface area contributed by atoms with Gasteiger partial charge in [-0.15, -0.1) is 4.21 Å². The van der Waals surface area contributed by atoms with Gasteiger partial charge >= 0.3 is 0 Å². The maximum absolute atomic E-state index is 14.8. The molecule has 0 bridgehead atoms. The Morgan fingerprint density at radius 1 is 1.11 bits per heavy atom. The molecule has 13 heteroatoms. The predicted octanol–water partition coefficient (Wildman–Crippen LogP) is 4.87. The van der Waals surface area contributed by atoms with Gasteiger partial charge in [0.25, 0.3) is 5.91 Å². The maximum atomic E-state index is 14.8. The van der Waals surface area contributed by atoms with Crippen molar-refractivity contribution < 1.29 is 32.9 Å². The molecule has 2 heterocycles. The van der Waals surface area contributed by atoms with Crippen molar-refractivity contribution in [1.82, 2.24) is 4.90 Å². The summed E-state index contributed by atoms with van der Waals surface area (Å²) in [6, 6.07) is 0. The Hall–Kier alpha value is -2.02. The van der Waals surface area contributed by atoms with Crippen molar-refractivity contribution in [1.29, 1.82) is 0 Å². The fraction of sp³-hybridized carbons (Fsp3) is 0.875. The van der Waals surface area contributed by atoms with Crippen LogP contribution in [0.2, 0.25) is 0 Å². The lowest BCUT2D eigenvalue weighted by Gasteiger charge is -2.39. The quantitative estimate of drug-likeness (QED) is 0.0741. The van der Waals surface area contributed by atoms with Gasteiger partial charge in [-0.3, -0.25) is 4.79 Å². The third kappa shape index (κ3) is 8.29. The van der Waals surface area contributed by atoms with E-state index in [1.165, 1.54) is 0 Å². The Kier molecular flexibility index (Phi) is 12.4. The number of hydrogen-bond donors (Lipinski definition) is 1. The molecule has 0 aromatic heterocycles. The number of morpholine rings is 1. The highest BCUT2D eigenvalue weighted by Gasteiger charge is 2.57. The summed E-state index contributed by atoms with van der Waals surface area (Å²) in [4.78, 5) is 24.8. The zero-order valence-electron chi connectivity index (χ0n) is 26.6. The minimum absolute atomic E-state index is 0.00396. The van der Waals surface area contributed by atoms with Crippen molar-refractivity contribution in [3.8, 4) is 0 Å². The van der Waals surface area contributed by atoms with Gasteiger partial charge in [0.1, 0.15) is 11.0 Å². The Morgan fingerprint density at radius 2 is 1.84 bits per heavy atom. The molecule has 1 amide bonds. The Balaban J connectivity index is 1.50. The molecule has 3 fully saturated rings. The van der Waals surface area contributed by atoms with E-state index in [1.807, 2.05) is 0 Å². The third-order valence-electron chi connectivity index (χ3n) is 10.4. The standard InChI is InChI=1S/C32H51N5O7S/c33-36-34-23-25-7-4-5-10-28(25)29-32(31(39)37-16-20-42-21-17-37,15-22-45(40,41)27-8-2-1-3-9-27)35-30(44-29)24-11-13-26(14-12-24)43-19-6-18-38/h24,26-27,29,38H,1-23H2/t24?,26?,29-,32-/m0/s1. The van der Waals surface area contributed by atoms with Crippen molar-refractivity contribution in [2.45, 2.75) is 119 Å². The van der Waals surface area contributed by atoms with Crippen LogP contribution in [0.4, 0.5) is 0 Å². The van der Waals surface area contributed by atoms with Gasteiger partial charge < -0.3 is 28.8 Å². The number of rotatable bonds is 13. The number of azide groups is 1. The fourth-order valence-electron chi connectivity index (χ4n) is 7.83. The number of aliphatic imine (C=N–C) groups is 1. The summed E-state index contributed by atoms with van der Waals surface area (Å²) in [7, 11) is -3.45. The summed E-state index contributed by atoms with van der Waals surface area (Å²) in [5.41, 5.74) is 9.65. The van der Waals surface area contributed by atoms with E-state index >= 15 is 0 Å². The number of carbonyl (C=O) groups excluding carboxylic acids is 1. The first-order valence-corrected chi connectivity index (χ1v) is 18.9. The largest absolute Gasteiger partial charge is 0.615 e. The molecule has 3 atom stereocenters. The molecule has 2 saturated carbocycles. The average molecular weight is 650 g/mol. The van der Waals surface area contributed by atoms with Crippen LogP contribution in [-0.4, -0.2) is 101 Å². The molecule has 1 saturated heterocycles. The number of ether oxygens (including phenoxy) is 3. The zero-order chi connectivity index (χ0) is 31.7. The second-order valence-electron chi connectivity index (χ2n) is 13.3. The minimum atomic E-state index is -3.45. The lowest BCUT2D eigenvalue weighted by molar-refractivity contribution is -0.143. The average Bonchev–Trinajstić information content (AvgIpc) is 3.48. The number of hydrogen-bond acceptors (Lipinski definition) is 9. The highest BCUT2D eigenvalue weighted by atomic mass is 32.3. The van der Waals surface area contributed by atoms with Crippen LogP contribution in [0, 0.1) is 5.92 Å². The Bertz CT molecular complexity index is 1170. The van der Waals surface area contributed by atoms with Crippen LogP contribution in [-0.2, 0) is 33.4 Å². The van der Waals surface area contributed by atoms with Crippen LogP contribution in [0.5, 0.6) is 0 Å². The molecule has 0 aromatic rings. The van der Waals surface area contributed by atoms with Gasteiger partial charge in [-0.05, 0) is 94.6 Å². The third-order valence-corrected chi connectivity index (χ3v) is 12.7. The SMILES string of the molecule is [N-]=[N+]=NCC1=C([C@@H]2OC(C3CCC(OCCCO)CC3)=N[C@]2(CC[S+](=O)([O-])C2CCCCC2)C(=O)N2CCOCC2)CCCC1. The molecular formula is C32H51N5O7S. The van der Waals surface area contributed by atoms with Gasteiger partial charge in [-0.25, -0.2) is 4.99 Å². The first-order chi connectivity index (χ1) is 21.9. The van der Waals surface area contributed by atoms with Crippen LogP contribution in [0.3, 0.4) is 0 Å². The Labute approximate surface area is 268 Å². The number of amides is 1. The number of aliphatic hydroxyl groups is 1. The summed E-state index contributed by atoms with van der Waals surface area (Å²) in [5.74, 6) is 0.247. The van der Waals surface area contributed by atoms with E-state index in [1.54, 1.807) is 4.90 Å². The molecule has 3 aliphatic carbocycles. The summed E-state index contributed by atoms with van der Waals surface area (Å²) in [6.45, 7) is 2.54. The molecule has 2 aliphatic heterocycles. The fourth-order valence-corrected chi connectivity index (χ4v) is 9.81. The van der Waals surface area contributed by atoms with Gasteiger partial charge in [0, 0.05) is 60.3 Å². The normalized spacial score (nSPS) is 31.1. The van der Waals surface area contributed by atoms with Gasteiger partial charge in [0.2, 0.25) is 0 Å². The van der Waals surface area contributed by atoms with Crippen LogP contribution in [0.25, 0.3) is 10.4 Å². The summed E-state index contributed by atoms with van der Waals surface area (Å²) >= 11 is 0. The number of aliphatic hydroxyl groups excluding tert-OH is 1. The topological polar surface area (TPSA) is 169 Å². The number of nitrogens with zero attached hydrogens (tertiary/aromatic N) is 5. The van der Waals surface area contributed by atoms with E-state index in [-0.39, 0.29) is 48.5 Å². The van der Waals surface area contributed by atoms with E-state index in [0.29, 0.717) is 64.5 Å². The zero-order valence-corrected chi connectivity index (χ0v) is 27.4. The van der Waals surface area contributed by atoms with Crippen molar-refractivity contribution in [2.24, 2.45) is 16.0 Å². The molecule has 0 aromatic carbocycles. The lowest BCUT2D eigenvalue weighted by Crippen LogP contribution is -2.57. The monoisotopic (exact) mass is 649 g/mol. The van der Waals surface area contributed by atoms with E-state index in [9.17, 15) is 13.6 Å². The van der Waals surface area contributed by atoms with Gasteiger partial charge in [0.05, 0.1) is 19.3 Å². The highest BCUT2D eigenvalue weighted by Crippen LogP contribution is 2.45. The van der Waals surface area contributed by atoms with Crippen LogP contribution >= 0.6 is 0 Å². The van der Waals surface area contributed by atoms with Crippen molar-refractivity contribution in [2.75, 3.05) is 51.8 Å². The second-order valence-corrected chi connectivity index (χ2v) is 15.7. The van der Waals surface area contributed by atoms with Crippen molar-refractivity contribution in [3.63, 3.8) is 0 Å². The lowest BCUT2D eigenvalue weighted by atomic mass is 9.78. The summed E-state index contributed by atoms with van der Waals surface area (Å²) in [5, 5.41) is 12.6. The van der Waals surface area contributed by atoms with Crippen LogP contribution in [0.15, 0.2) is 21.3 Å². The van der Waals surface area contributed by atoms with Gasteiger partial charge in [-0.2, -0.15) is 0 Å². The smallest absolute Gasteiger partial charge is 0.255 e. The molecule has 1 N–H and O–H groups in total. The van der Waals surface area contributed by atoms with E-state index in [4.69, 9.17) is 29.8 Å². The van der Waals surface area contributed by atoms with E-state index in [2.05, 4.69) is 10.0 Å². The van der Waals surface area contributed by atoms with E-state index in [0.717, 1.165) is 75.4 Å². The number of carbonyl (C=O) groups is 1. The van der Waals surface area contributed by atoms with Gasteiger partial charge in [-0.1, -0.05) is 17.1 Å². The molecule has 12 nitrogen and oxygen atoms in total. The first kappa shape index (κ1) is 34.3. The molecule has 5 aliphatic rings. The van der Waals surface area contributed by atoms with Crippen molar-refractivity contribution in [3.05, 3.63) is 21.6 Å². The molecule has 1 unspecified atom stereocenters. The number of sulfone groups is 1. The second kappa shape index (κ2) is 16.2. The summed E-state index contributed by atoms with van der Waals surface area (Å²) in [6.07, 6.45) is 10.9. The minimum Gasteiger partial charge on any atom is -0.615 e. The molecule has 0 radical (unpaired) electrons. The highest BCUT2D eigenvalue weighted by molar-refractivity contribution is 7.98. The van der Waals surface area contributed by atoms with E-state index < -0.39 is 21.9 Å². The summed E-state index contributed by atoms with van der Waals surface area (Å²) < 4.78 is 45.9. The molecular weight excluding hydrogens is 598 g/mol. The predicted molar refractivity (Wildman–Crippen MR) is 171 cm³/mol. The van der Waals surface area contributed by atoms with Crippen LogP contribution in [0.1, 0.15) is 96.3 Å². The first-order valence-electron chi connectivity index (χ1n) is 17.2. The Morgan fingerprint density at radius 3 is 2.56 bits per heavy atom. The van der Waals surface area contributed by atoms with Gasteiger partial charge in [0.15, 0.2) is 17.5 Å². The maximum Gasteiger partial charge on any atom is 0.255 e. The molecule has 0 spiro atoms. The van der Waals surface area contributed by atoms with Crippen LogP contribution < -0.4 is 0 Å². The molecule has 252 valence electrons. The molecule has 5 rings (SSSR count). The molecule has 45 heavy (non-hydrogen) atoms. The van der Waals surface area contributed by atoms with Crippen molar-refractivity contribution >= 4 is 22.0 Å².